The van der Waals surface area contributed by atoms with Crippen LogP contribution in [0.15, 0.2) is 132 Å². The molecule has 5 aromatic carbocycles. The Morgan fingerprint density at radius 1 is 0.624 bits per heavy atom. The van der Waals surface area contributed by atoms with Crippen LogP contribution in [0.2, 0.25) is 0 Å². The van der Waals surface area contributed by atoms with Gasteiger partial charge in [0.15, 0.2) is 12.3 Å². The van der Waals surface area contributed by atoms with Crippen LogP contribution >= 0.6 is 0 Å². The first kappa shape index (κ1) is 77.5. The van der Waals surface area contributed by atoms with E-state index in [-0.39, 0.29) is 36.8 Å². The van der Waals surface area contributed by atoms with Gasteiger partial charge in [-0.2, -0.15) is 13.0 Å². The number of quaternary nitrogens is 2. The van der Waals surface area contributed by atoms with Gasteiger partial charge in [-0.05, 0) is 113 Å². The Labute approximate surface area is 595 Å². The number of carboxylic acid groups (broad SMARTS) is 1. The zero-order valence-electron chi connectivity index (χ0n) is 61.4. The van der Waals surface area contributed by atoms with Gasteiger partial charge in [-0.3, -0.25) is 4.55 Å². The minimum Gasteiger partial charge on any atom is -0.478 e. The molecule has 2 aliphatic heterocycles. The van der Waals surface area contributed by atoms with Gasteiger partial charge in [0.2, 0.25) is 5.69 Å². The van der Waals surface area contributed by atoms with Gasteiger partial charge < -0.3 is 56.9 Å². The summed E-state index contributed by atoms with van der Waals surface area (Å²) in [6.07, 6.45) is 18.3. The number of ether oxygens (including phenoxy) is 8. The summed E-state index contributed by atoms with van der Waals surface area (Å²) >= 11 is 0. The number of aromatic carboxylic acids is 1. The monoisotopic (exact) mass is 1410 g/mol. The third kappa shape index (κ3) is 20.8. The number of carbonyl (C=O) groups is 1. The van der Waals surface area contributed by atoms with Crippen molar-refractivity contribution in [2.45, 2.75) is 89.5 Å². The SMILES string of the molecule is COCCOCCOCCOCc1cn(Cc2cc(C(=O)O)cc(Cn3cc(COCCOCCOCCOC)nn3)c2C(=C\C=C\C2=[N+](CCC[N+](C)(C)C)c3ccc4cc(S(=O)(=O)O)ccc4c3C2(C)C)/C=C/C=C2/N(CCC[N+](C)(C)C)c3ccc4cc(C)ccc4c3C2(C)C)nn1. The molecule has 101 heavy (non-hydrogen) atoms. The topological polar surface area (TPSA) is 233 Å². The number of hydrogen-bond acceptors (Lipinski definition) is 16. The van der Waals surface area contributed by atoms with Gasteiger partial charge in [-0.15, -0.1) is 10.2 Å². The Balaban J connectivity index is 1.17. The molecule has 0 bridgehead atoms. The second kappa shape index (κ2) is 35.0. The molecule has 0 atom stereocenters. The molecule has 4 heterocycles. The molecular formula is C77H105N10O13S+3. The number of benzene rings is 5. The summed E-state index contributed by atoms with van der Waals surface area (Å²) in [7, 11) is 12.0. The number of hydrogen-bond donors (Lipinski definition) is 2. The van der Waals surface area contributed by atoms with Gasteiger partial charge >= 0.3 is 5.97 Å². The molecule has 0 amide bonds. The summed E-state index contributed by atoms with van der Waals surface area (Å²) in [6.45, 7) is 20.2. The van der Waals surface area contributed by atoms with E-state index in [0.29, 0.717) is 114 Å². The first-order valence-corrected chi connectivity index (χ1v) is 36.1. The number of rotatable bonds is 41. The van der Waals surface area contributed by atoms with Crippen LogP contribution in [-0.2, 0) is 85.1 Å². The fraction of sp³-hybridized carbons (Fsp3) is 0.481. The Morgan fingerprint density at radius 2 is 1.15 bits per heavy atom. The van der Waals surface area contributed by atoms with Crippen molar-refractivity contribution in [2.75, 3.05) is 167 Å². The summed E-state index contributed by atoms with van der Waals surface area (Å²) in [5.41, 5.74) is 10.9. The summed E-state index contributed by atoms with van der Waals surface area (Å²) in [4.78, 5) is 15.8. The first-order valence-electron chi connectivity index (χ1n) is 34.7. The van der Waals surface area contributed by atoms with E-state index in [2.05, 4.69) is 180 Å². The lowest BCUT2D eigenvalue weighted by Gasteiger charge is -2.29. The average molecular weight is 1410 g/mol. The zero-order chi connectivity index (χ0) is 72.5. The van der Waals surface area contributed by atoms with E-state index in [4.69, 9.17) is 37.9 Å². The number of aryl methyl sites for hydroxylation is 1. The van der Waals surface area contributed by atoms with Crippen molar-refractivity contribution >= 4 is 60.3 Å². The molecule has 0 radical (unpaired) electrons. The molecule has 544 valence electrons. The molecule has 0 saturated heterocycles. The van der Waals surface area contributed by atoms with E-state index in [9.17, 15) is 22.9 Å². The van der Waals surface area contributed by atoms with Crippen molar-refractivity contribution in [1.82, 2.24) is 30.0 Å². The van der Waals surface area contributed by atoms with E-state index < -0.39 is 26.9 Å². The van der Waals surface area contributed by atoms with Gasteiger partial charge in [0.25, 0.3) is 10.1 Å². The normalized spacial score (nSPS) is 15.3. The number of allylic oxidation sites excluding steroid dienone is 8. The Bertz CT molecular complexity index is 4180. The zero-order valence-corrected chi connectivity index (χ0v) is 62.2. The molecule has 0 fully saturated rings. The van der Waals surface area contributed by atoms with E-state index in [1.54, 1.807) is 41.8 Å². The molecule has 24 heteroatoms. The lowest BCUT2D eigenvalue weighted by molar-refractivity contribution is -0.871. The van der Waals surface area contributed by atoms with Gasteiger partial charge in [-0.25, -0.2) is 14.2 Å². The van der Waals surface area contributed by atoms with Crippen molar-refractivity contribution in [2.24, 2.45) is 0 Å². The van der Waals surface area contributed by atoms with E-state index in [0.717, 1.165) is 80.6 Å². The number of carboxylic acids is 1. The summed E-state index contributed by atoms with van der Waals surface area (Å²) in [5, 5.41) is 33.2. The number of anilines is 1. The average Bonchev–Trinajstić information content (AvgIpc) is 1.58. The summed E-state index contributed by atoms with van der Waals surface area (Å²) in [5.74, 6) is -1.11. The van der Waals surface area contributed by atoms with Crippen LogP contribution in [0, 0.1) is 6.92 Å². The largest absolute Gasteiger partial charge is 0.478 e. The van der Waals surface area contributed by atoms with Gasteiger partial charge in [0.1, 0.15) is 11.4 Å². The predicted molar refractivity (Wildman–Crippen MR) is 393 cm³/mol. The smallest absolute Gasteiger partial charge is 0.335 e. The van der Waals surface area contributed by atoms with Gasteiger partial charge in [0, 0.05) is 61.7 Å². The fourth-order valence-electron chi connectivity index (χ4n) is 13.4. The van der Waals surface area contributed by atoms with E-state index in [1.165, 1.54) is 39.7 Å². The molecular weight excluding hydrogens is 1300 g/mol. The Morgan fingerprint density at radius 3 is 1.70 bits per heavy atom. The molecule has 0 unspecified atom stereocenters. The fourth-order valence-corrected chi connectivity index (χ4v) is 13.9. The van der Waals surface area contributed by atoms with Crippen LogP contribution in [0.4, 0.5) is 11.4 Å². The lowest BCUT2D eigenvalue weighted by Crippen LogP contribution is -2.37. The number of fused-ring (bicyclic) bond motifs is 6. The van der Waals surface area contributed by atoms with E-state index >= 15 is 0 Å². The maximum absolute atomic E-state index is 13.5. The molecule has 9 rings (SSSR count). The molecule has 0 saturated carbocycles. The molecule has 2 N–H and O–H groups in total. The maximum atomic E-state index is 13.5. The highest BCUT2D eigenvalue weighted by Crippen LogP contribution is 2.51. The number of nitrogens with zero attached hydrogens (tertiary/aromatic N) is 10. The number of methoxy groups -OCH3 is 2. The van der Waals surface area contributed by atoms with Crippen molar-refractivity contribution in [1.29, 1.82) is 0 Å². The lowest BCUT2D eigenvalue weighted by atomic mass is 9.79. The highest BCUT2D eigenvalue weighted by molar-refractivity contribution is 7.85. The molecule has 7 aromatic rings. The van der Waals surface area contributed by atoms with Gasteiger partial charge in [-0.1, -0.05) is 84.5 Å². The molecule has 0 spiro atoms. The van der Waals surface area contributed by atoms with Gasteiger partial charge in [0.05, 0.1) is 196 Å². The molecule has 0 aliphatic carbocycles. The Kier molecular flexibility index (Phi) is 26.8. The standard InChI is InChI=1S/C77H103N10O13S/c1-56-22-26-66-58(46-56)23-28-68-73(66)76(2,3)70(84(68)30-16-32-86(6,7)8)20-14-18-57(19-15-21-71-77(4,5)74-67-27-25-65(101(90,91)92)49-59(67)24-29-69(74)85(71)31-17-33-87(9,10)11)72-61(50-82-52-63(78-80-82)54-99-44-42-97-40-38-95-36-34-93-12)47-60(75(88)89)48-62(72)51-83-53-64(79-81-83)55-100-45-43-98-41-39-96-37-35-94-13/h14-15,18-29,46-49,52-53H,16-17,30-45,50-51,54-55H2,1-13H3/q+1/p+2. The second-order valence-corrected chi connectivity index (χ2v) is 30.3. The van der Waals surface area contributed by atoms with Crippen LogP contribution < -0.4 is 4.90 Å². The van der Waals surface area contributed by atoms with Crippen molar-refractivity contribution in [3.8, 4) is 0 Å². The van der Waals surface area contributed by atoms with Crippen LogP contribution in [0.25, 0.3) is 27.1 Å². The van der Waals surface area contributed by atoms with Crippen LogP contribution in [0.3, 0.4) is 0 Å². The minimum absolute atomic E-state index is 0.0687. The first-order chi connectivity index (χ1) is 48.2. The predicted octanol–water partition coefficient (Wildman–Crippen LogP) is 10.4. The third-order valence-electron chi connectivity index (χ3n) is 18.1. The summed E-state index contributed by atoms with van der Waals surface area (Å²) < 4.78 is 87.0. The van der Waals surface area contributed by atoms with Crippen LogP contribution in [-0.4, -0.2) is 235 Å². The minimum atomic E-state index is -4.47. The quantitative estimate of drug-likeness (QED) is 0.0119. The summed E-state index contributed by atoms with van der Waals surface area (Å²) in [6, 6.07) is 23.4. The van der Waals surface area contributed by atoms with Crippen molar-refractivity contribution in [3.05, 3.63) is 178 Å². The highest BCUT2D eigenvalue weighted by Gasteiger charge is 2.46. The van der Waals surface area contributed by atoms with Crippen molar-refractivity contribution < 1.29 is 74.3 Å². The second-order valence-electron chi connectivity index (χ2n) is 28.9. The van der Waals surface area contributed by atoms with Crippen LogP contribution in [0.1, 0.15) is 95.7 Å². The van der Waals surface area contributed by atoms with E-state index in [1.807, 2.05) is 18.5 Å². The Hall–Kier alpha value is -7.69. The third-order valence-corrected chi connectivity index (χ3v) is 19.0. The van der Waals surface area contributed by atoms with Crippen LogP contribution in [0.5, 0.6) is 0 Å². The number of aromatic nitrogens is 6. The van der Waals surface area contributed by atoms with Crippen molar-refractivity contribution in [3.63, 3.8) is 0 Å². The molecule has 2 aliphatic rings. The molecule has 23 nitrogen and oxygen atoms in total. The highest BCUT2D eigenvalue weighted by atomic mass is 32.2. The maximum Gasteiger partial charge on any atom is 0.335 e. The molecule has 2 aromatic heterocycles.